The molecular formula is C17H11ClMnN2O6S. The molecule has 28 heavy (non-hydrogen) atoms. The van der Waals surface area contributed by atoms with Crippen molar-refractivity contribution in [3.05, 3.63) is 59.1 Å². The Morgan fingerprint density at radius 3 is 2.36 bits per heavy atom. The molecule has 3 N–H and O–H groups in total. The van der Waals surface area contributed by atoms with Gasteiger partial charge in [0.25, 0.3) is 10.1 Å². The largest absolute Gasteiger partial charge is 0.505 e. The quantitative estimate of drug-likeness (QED) is 0.296. The number of hydrogen-bond acceptors (Lipinski definition) is 6. The molecule has 0 spiro atoms. The van der Waals surface area contributed by atoms with Crippen molar-refractivity contribution in [1.29, 1.82) is 0 Å². The fraction of sp³-hybridized carbons (Fsp3) is 0. The molecule has 0 unspecified atom stereocenters. The van der Waals surface area contributed by atoms with Gasteiger partial charge >= 0.3 is 5.97 Å². The Morgan fingerprint density at radius 1 is 1.04 bits per heavy atom. The van der Waals surface area contributed by atoms with Crippen molar-refractivity contribution in [3.8, 4) is 5.75 Å². The molecule has 145 valence electrons. The van der Waals surface area contributed by atoms with Gasteiger partial charge in [-0.25, -0.2) is 4.79 Å². The summed E-state index contributed by atoms with van der Waals surface area (Å²) < 4.78 is 31.8. The molecule has 0 atom stereocenters. The van der Waals surface area contributed by atoms with Gasteiger partial charge in [0.2, 0.25) is 0 Å². The average Bonchev–Trinajstić information content (AvgIpc) is 2.60. The van der Waals surface area contributed by atoms with Crippen LogP contribution in [-0.2, 0) is 27.2 Å². The summed E-state index contributed by atoms with van der Waals surface area (Å²) in [5.74, 6) is -1.91. The van der Waals surface area contributed by atoms with Crippen molar-refractivity contribution >= 4 is 49.8 Å². The standard InChI is InChI=1S/C17H11ClN2O6S.Mn/c18-13-6-5-10(8-14(13)27(24,25)26)19-20-15-11-4-2-1-3-9(11)7-12(16(15)21)17(22)23;/h1-8,21H,(H,22,23)(H,24,25,26);. The number of halogens is 1. The third-order valence-electron chi connectivity index (χ3n) is 3.68. The van der Waals surface area contributed by atoms with Crippen molar-refractivity contribution in [2.24, 2.45) is 10.2 Å². The second-order valence-electron chi connectivity index (χ2n) is 5.44. The molecule has 0 aliphatic carbocycles. The molecule has 0 aliphatic heterocycles. The van der Waals surface area contributed by atoms with E-state index in [4.69, 9.17) is 11.6 Å². The van der Waals surface area contributed by atoms with Gasteiger partial charge < -0.3 is 10.2 Å². The van der Waals surface area contributed by atoms with E-state index in [2.05, 4.69) is 10.2 Å². The predicted molar refractivity (Wildman–Crippen MR) is 98.0 cm³/mol. The van der Waals surface area contributed by atoms with Gasteiger partial charge in [0.05, 0.1) is 10.7 Å². The molecule has 3 rings (SSSR count). The van der Waals surface area contributed by atoms with E-state index in [1.807, 2.05) is 0 Å². The molecule has 0 aromatic heterocycles. The van der Waals surface area contributed by atoms with Gasteiger partial charge in [-0.15, -0.1) is 5.11 Å². The van der Waals surface area contributed by atoms with Crippen LogP contribution in [0.4, 0.5) is 11.4 Å². The van der Waals surface area contributed by atoms with E-state index in [0.717, 1.165) is 6.07 Å². The summed E-state index contributed by atoms with van der Waals surface area (Å²) in [5, 5.41) is 28.0. The van der Waals surface area contributed by atoms with Crippen LogP contribution in [-0.4, -0.2) is 29.2 Å². The van der Waals surface area contributed by atoms with E-state index in [9.17, 15) is 28.0 Å². The molecule has 0 saturated heterocycles. The van der Waals surface area contributed by atoms with Gasteiger partial charge in [-0.1, -0.05) is 35.9 Å². The van der Waals surface area contributed by atoms with Crippen molar-refractivity contribution in [1.82, 2.24) is 0 Å². The fourth-order valence-electron chi connectivity index (χ4n) is 2.44. The van der Waals surface area contributed by atoms with Crippen LogP contribution in [0.5, 0.6) is 5.75 Å². The van der Waals surface area contributed by atoms with Gasteiger partial charge in [0, 0.05) is 22.5 Å². The predicted octanol–water partition coefficient (Wildman–Crippen LogP) is 4.56. The Hall–Kier alpha value is -2.49. The molecule has 8 nitrogen and oxygen atoms in total. The van der Waals surface area contributed by atoms with Crippen molar-refractivity contribution in [2.75, 3.05) is 0 Å². The molecule has 3 aromatic rings. The summed E-state index contributed by atoms with van der Waals surface area (Å²) in [6, 6.07) is 11.5. The number of hydrogen-bond donors (Lipinski definition) is 3. The molecule has 0 aliphatic rings. The SMILES string of the molecule is O=C(O)c1cc2ccccc2c(N=Nc2ccc(Cl)c(S(=O)(=O)O)c2)c1O.[Mn]. The fourth-order valence-corrected chi connectivity index (χ4v) is 3.44. The number of aromatic hydroxyl groups is 1. The zero-order valence-electron chi connectivity index (χ0n) is 13.7. The number of fused-ring (bicyclic) bond motifs is 1. The molecule has 0 fully saturated rings. The first-order chi connectivity index (χ1) is 12.7. The van der Waals surface area contributed by atoms with Gasteiger partial charge in [-0.05, 0) is 29.7 Å². The third-order valence-corrected chi connectivity index (χ3v) is 5.02. The number of rotatable bonds is 4. The molecule has 0 amide bonds. The maximum Gasteiger partial charge on any atom is 0.339 e. The first-order valence-electron chi connectivity index (χ1n) is 7.35. The van der Waals surface area contributed by atoms with Gasteiger partial charge in [0.1, 0.15) is 16.1 Å². The molecule has 0 bridgehead atoms. The van der Waals surface area contributed by atoms with Gasteiger partial charge in [-0.3, -0.25) is 4.55 Å². The van der Waals surface area contributed by atoms with E-state index in [1.165, 1.54) is 18.2 Å². The first-order valence-corrected chi connectivity index (χ1v) is 9.17. The molecule has 0 heterocycles. The topological polar surface area (TPSA) is 137 Å². The number of carboxylic acid groups (broad SMARTS) is 1. The second kappa shape index (κ2) is 8.25. The van der Waals surface area contributed by atoms with Crippen molar-refractivity contribution < 1.29 is 45.0 Å². The molecule has 1 radical (unpaired) electrons. The number of carboxylic acids is 1. The summed E-state index contributed by atoms with van der Waals surface area (Å²) in [6.07, 6.45) is 0. The maximum absolute atomic E-state index is 11.3. The Bertz CT molecular complexity index is 1210. The number of azo groups is 1. The maximum atomic E-state index is 11.3. The van der Waals surface area contributed by atoms with E-state index in [-0.39, 0.29) is 39.0 Å². The minimum absolute atomic E-state index is 0. The normalized spacial score (nSPS) is 11.5. The van der Waals surface area contributed by atoms with E-state index in [1.54, 1.807) is 24.3 Å². The van der Waals surface area contributed by atoms with E-state index >= 15 is 0 Å². The molecular weight excluding hydrogens is 451 g/mol. The summed E-state index contributed by atoms with van der Waals surface area (Å²) in [7, 11) is -4.56. The Balaban J connectivity index is 0.00000280. The zero-order chi connectivity index (χ0) is 19.8. The third kappa shape index (κ3) is 4.32. The number of carbonyl (C=O) groups is 1. The second-order valence-corrected chi connectivity index (χ2v) is 7.23. The summed E-state index contributed by atoms with van der Waals surface area (Å²) in [5.41, 5.74) is -0.414. The Morgan fingerprint density at radius 2 is 1.71 bits per heavy atom. The van der Waals surface area contributed by atoms with Crippen LogP contribution in [0, 0.1) is 0 Å². The van der Waals surface area contributed by atoms with Crippen LogP contribution in [0.15, 0.2) is 63.7 Å². The number of phenols is 1. The Kier molecular flexibility index (Phi) is 6.43. The van der Waals surface area contributed by atoms with Crippen LogP contribution in [0.25, 0.3) is 10.8 Å². The monoisotopic (exact) mass is 461 g/mol. The van der Waals surface area contributed by atoms with Crippen molar-refractivity contribution in [2.45, 2.75) is 4.90 Å². The summed E-state index contributed by atoms with van der Waals surface area (Å²) in [6.45, 7) is 0. The minimum atomic E-state index is -4.56. The summed E-state index contributed by atoms with van der Waals surface area (Å²) in [4.78, 5) is 10.8. The smallest absolute Gasteiger partial charge is 0.339 e. The van der Waals surface area contributed by atoms with Crippen LogP contribution in [0.3, 0.4) is 0 Å². The van der Waals surface area contributed by atoms with Crippen LogP contribution in [0.2, 0.25) is 5.02 Å². The van der Waals surface area contributed by atoms with E-state index < -0.39 is 26.7 Å². The molecule has 11 heteroatoms. The van der Waals surface area contributed by atoms with Gasteiger partial charge in [-0.2, -0.15) is 13.5 Å². The van der Waals surface area contributed by atoms with Crippen LogP contribution in [0.1, 0.15) is 10.4 Å². The van der Waals surface area contributed by atoms with Crippen LogP contribution < -0.4 is 0 Å². The molecule has 3 aromatic carbocycles. The van der Waals surface area contributed by atoms with Gasteiger partial charge in [0.15, 0.2) is 5.75 Å². The number of nitrogens with zero attached hydrogens (tertiary/aromatic N) is 2. The minimum Gasteiger partial charge on any atom is -0.505 e. The van der Waals surface area contributed by atoms with Crippen LogP contribution >= 0.6 is 11.6 Å². The average molecular weight is 462 g/mol. The van der Waals surface area contributed by atoms with Crippen molar-refractivity contribution in [3.63, 3.8) is 0 Å². The van der Waals surface area contributed by atoms with E-state index in [0.29, 0.717) is 10.8 Å². The molecule has 0 saturated carbocycles. The number of benzene rings is 3. The summed E-state index contributed by atoms with van der Waals surface area (Å²) >= 11 is 5.74. The zero-order valence-corrected chi connectivity index (χ0v) is 16.5. The Labute approximate surface area is 174 Å². The number of aromatic carboxylic acids is 1. The first kappa shape index (κ1) is 21.8.